The molecule has 19 heavy (non-hydrogen) atoms. The van der Waals surface area contributed by atoms with Crippen LogP contribution in [0.25, 0.3) is 0 Å². The largest absolute Gasteiger partial charge is 0.320 e. The summed E-state index contributed by atoms with van der Waals surface area (Å²) in [6, 6.07) is 3.34. The van der Waals surface area contributed by atoms with E-state index in [-0.39, 0.29) is 22.3 Å². The summed E-state index contributed by atoms with van der Waals surface area (Å²) in [6.07, 6.45) is 0.747. The smallest absolute Gasteiger partial charge is 0.294 e. The van der Waals surface area contributed by atoms with Gasteiger partial charge in [-0.25, -0.2) is 0 Å². The molecule has 0 saturated carbocycles. The lowest BCUT2D eigenvalue weighted by atomic mass is 9.99. The minimum Gasteiger partial charge on any atom is -0.320 e. The third-order valence-corrected chi connectivity index (χ3v) is 3.21. The van der Waals surface area contributed by atoms with Gasteiger partial charge < -0.3 is 11.1 Å². The number of nitro groups is 1. The van der Waals surface area contributed by atoms with Crippen molar-refractivity contribution in [2.45, 2.75) is 26.3 Å². The number of benzene rings is 1. The van der Waals surface area contributed by atoms with Crippen LogP contribution in [0.2, 0.25) is 5.02 Å². The number of halogens is 1. The quantitative estimate of drug-likeness (QED) is 0.641. The van der Waals surface area contributed by atoms with E-state index in [1.165, 1.54) is 18.2 Å². The molecule has 104 valence electrons. The first kappa shape index (κ1) is 15.4. The molecule has 0 aliphatic carbocycles. The van der Waals surface area contributed by atoms with E-state index in [0.29, 0.717) is 0 Å². The van der Waals surface area contributed by atoms with Crippen LogP contribution in [-0.2, 0) is 4.79 Å². The molecule has 0 saturated heterocycles. The number of nitrogens with zero attached hydrogens (tertiary/aromatic N) is 1. The molecule has 1 aromatic rings. The lowest BCUT2D eigenvalue weighted by Crippen LogP contribution is -2.40. The number of amides is 1. The molecule has 3 N–H and O–H groups in total. The van der Waals surface area contributed by atoms with Crippen LogP contribution < -0.4 is 11.1 Å². The lowest BCUT2D eigenvalue weighted by molar-refractivity contribution is -0.383. The fourth-order valence-corrected chi connectivity index (χ4v) is 1.66. The van der Waals surface area contributed by atoms with Crippen LogP contribution in [0, 0.1) is 16.0 Å². The van der Waals surface area contributed by atoms with Crippen molar-refractivity contribution in [3.05, 3.63) is 33.3 Å². The Bertz CT molecular complexity index is 493. The van der Waals surface area contributed by atoms with Crippen molar-refractivity contribution in [3.8, 4) is 0 Å². The second-order valence-corrected chi connectivity index (χ2v) is 4.76. The fraction of sp³-hybridized carbons (Fsp3) is 0.417. The molecule has 0 aliphatic heterocycles. The normalized spacial score (nSPS) is 13.7. The Morgan fingerprint density at radius 1 is 1.58 bits per heavy atom. The SMILES string of the molecule is CCC(C)[C@H](N)C(=O)Nc1ccc(Cl)cc1[N+](=O)[O-]. The van der Waals surface area contributed by atoms with Crippen LogP contribution in [0.1, 0.15) is 20.3 Å². The van der Waals surface area contributed by atoms with Crippen LogP contribution in [0.15, 0.2) is 18.2 Å². The predicted molar refractivity (Wildman–Crippen MR) is 74.2 cm³/mol. The highest BCUT2D eigenvalue weighted by molar-refractivity contribution is 6.31. The minimum absolute atomic E-state index is 0.00800. The van der Waals surface area contributed by atoms with Crippen molar-refractivity contribution in [2.24, 2.45) is 11.7 Å². The van der Waals surface area contributed by atoms with E-state index < -0.39 is 16.9 Å². The van der Waals surface area contributed by atoms with E-state index in [1.54, 1.807) is 0 Å². The lowest BCUT2D eigenvalue weighted by Gasteiger charge is -2.17. The van der Waals surface area contributed by atoms with Crippen molar-refractivity contribution < 1.29 is 9.72 Å². The minimum atomic E-state index is -0.708. The molecule has 0 radical (unpaired) electrons. The maximum absolute atomic E-state index is 11.9. The van der Waals surface area contributed by atoms with Crippen LogP contribution >= 0.6 is 11.6 Å². The molecule has 0 bridgehead atoms. The molecule has 6 nitrogen and oxygen atoms in total. The van der Waals surface area contributed by atoms with Crippen molar-refractivity contribution in [1.82, 2.24) is 0 Å². The van der Waals surface area contributed by atoms with E-state index in [9.17, 15) is 14.9 Å². The molecule has 0 aromatic heterocycles. The Balaban J connectivity index is 2.94. The van der Waals surface area contributed by atoms with Crippen molar-refractivity contribution in [3.63, 3.8) is 0 Å². The number of nitro benzene ring substituents is 1. The van der Waals surface area contributed by atoms with Crippen LogP contribution in [0.3, 0.4) is 0 Å². The van der Waals surface area contributed by atoms with Crippen LogP contribution in [0.4, 0.5) is 11.4 Å². The highest BCUT2D eigenvalue weighted by Crippen LogP contribution is 2.28. The van der Waals surface area contributed by atoms with Gasteiger partial charge in [0.05, 0.1) is 11.0 Å². The summed E-state index contributed by atoms with van der Waals surface area (Å²) in [7, 11) is 0. The number of anilines is 1. The van der Waals surface area contributed by atoms with Crippen molar-refractivity contribution in [1.29, 1.82) is 0 Å². The van der Waals surface area contributed by atoms with Gasteiger partial charge in [-0.1, -0.05) is 31.9 Å². The Kier molecular flexibility index (Phi) is 5.26. The number of hydrogen-bond acceptors (Lipinski definition) is 4. The van der Waals surface area contributed by atoms with Crippen molar-refractivity contribution in [2.75, 3.05) is 5.32 Å². The third kappa shape index (κ3) is 3.90. The average molecular weight is 286 g/mol. The summed E-state index contributed by atoms with van der Waals surface area (Å²) in [5, 5.41) is 13.6. The molecule has 1 amide bonds. The summed E-state index contributed by atoms with van der Waals surface area (Å²) in [5.74, 6) is -0.453. The summed E-state index contributed by atoms with van der Waals surface area (Å²) in [5.41, 5.74) is 5.61. The number of nitrogens with two attached hydrogens (primary N) is 1. The van der Waals surface area contributed by atoms with Gasteiger partial charge >= 0.3 is 0 Å². The molecule has 0 spiro atoms. The monoisotopic (exact) mass is 285 g/mol. The number of carbonyl (C=O) groups excluding carboxylic acids is 1. The number of rotatable bonds is 5. The second-order valence-electron chi connectivity index (χ2n) is 4.32. The van der Waals surface area contributed by atoms with Gasteiger partial charge in [0.25, 0.3) is 5.69 Å². The first-order chi connectivity index (χ1) is 8.86. The maximum atomic E-state index is 11.9. The number of nitrogens with one attached hydrogen (secondary N) is 1. The molecule has 1 rings (SSSR count). The molecule has 1 unspecified atom stereocenters. The van der Waals surface area contributed by atoms with Gasteiger partial charge in [-0.15, -0.1) is 0 Å². The standard InChI is InChI=1S/C12H16ClN3O3/c1-3-7(2)11(14)12(17)15-9-5-4-8(13)6-10(9)16(18)19/h4-7,11H,3,14H2,1-2H3,(H,15,17)/t7?,11-/m0/s1. The first-order valence-electron chi connectivity index (χ1n) is 5.87. The highest BCUT2D eigenvalue weighted by atomic mass is 35.5. The Hall–Kier alpha value is -1.66. The van der Waals surface area contributed by atoms with Gasteiger partial charge in [-0.2, -0.15) is 0 Å². The van der Waals surface area contributed by atoms with E-state index in [4.69, 9.17) is 17.3 Å². The number of hydrogen-bond donors (Lipinski definition) is 2. The summed E-state index contributed by atoms with van der Waals surface area (Å²) in [4.78, 5) is 22.2. The van der Waals surface area contributed by atoms with Gasteiger partial charge in [-0.3, -0.25) is 14.9 Å². The zero-order chi connectivity index (χ0) is 14.6. The third-order valence-electron chi connectivity index (χ3n) is 2.97. The molecule has 1 aromatic carbocycles. The van der Waals surface area contributed by atoms with Crippen LogP contribution in [0.5, 0.6) is 0 Å². The van der Waals surface area contributed by atoms with Gasteiger partial charge in [0.15, 0.2) is 0 Å². The molecule has 7 heteroatoms. The van der Waals surface area contributed by atoms with Crippen molar-refractivity contribution >= 4 is 28.9 Å². The van der Waals surface area contributed by atoms with Gasteiger partial charge in [0.2, 0.25) is 5.91 Å². The zero-order valence-electron chi connectivity index (χ0n) is 10.7. The van der Waals surface area contributed by atoms with E-state index >= 15 is 0 Å². The summed E-state index contributed by atoms with van der Waals surface area (Å²) >= 11 is 5.69. The Morgan fingerprint density at radius 2 is 2.21 bits per heavy atom. The molecule has 0 heterocycles. The Morgan fingerprint density at radius 3 is 2.74 bits per heavy atom. The van der Waals surface area contributed by atoms with E-state index in [0.717, 1.165) is 6.42 Å². The van der Waals surface area contributed by atoms with Crippen LogP contribution in [-0.4, -0.2) is 16.9 Å². The number of carbonyl (C=O) groups is 1. The molecular weight excluding hydrogens is 270 g/mol. The predicted octanol–water partition coefficient (Wildman–Crippen LogP) is 2.56. The first-order valence-corrected chi connectivity index (χ1v) is 6.25. The van der Waals surface area contributed by atoms with Gasteiger partial charge in [-0.05, 0) is 18.1 Å². The van der Waals surface area contributed by atoms with E-state index in [1.807, 2.05) is 13.8 Å². The topological polar surface area (TPSA) is 98.3 Å². The second kappa shape index (κ2) is 6.49. The maximum Gasteiger partial charge on any atom is 0.294 e. The average Bonchev–Trinajstić information content (AvgIpc) is 2.38. The molecule has 2 atom stereocenters. The molecule has 0 aliphatic rings. The van der Waals surface area contributed by atoms with Gasteiger partial charge in [0.1, 0.15) is 5.69 Å². The highest BCUT2D eigenvalue weighted by Gasteiger charge is 2.22. The molecule has 0 fully saturated rings. The van der Waals surface area contributed by atoms with Gasteiger partial charge in [0, 0.05) is 11.1 Å². The fourth-order valence-electron chi connectivity index (χ4n) is 1.49. The zero-order valence-corrected chi connectivity index (χ0v) is 11.5. The van der Waals surface area contributed by atoms with E-state index in [2.05, 4.69) is 5.32 Å². The summed E-state index contributed by atoms with van der Waals surface area (Å²) < 4.78 is 0. The Labute approximate surface area is 116 Å². The summed E-state index contributed by atoms with van der Waals surface area (Å²) in [6.45, 7) is 3.77. The molecular formula is C12H16ClN3O3.